The summed E-state index contributed by atoms with van der Waals surface area (Å²) in [6.07, 6.45) is 0.827. The molecule has 0 fully saturated rings. The molecular weight excluding hydrogens is 336 g/mol. The Labute approximate surface area is 152 Å². The lowest BCUT2D eigenvalue weighted by Crippen LogP contribution is -2.30. The Morgan fingerprint density at radius 3 is 2.81 bits per heavy atom. The standard InChI is InChI=1S/C18H24N4O4/c1-20-18(21-12-15-7-8-16(26-15)17(19)23)22-13-5-3-6-14(11-13)25-10-4-9-24-2/h3,5-8,11H,4,9-10,12H2,1-2H3,(H2,19,23)(H2,20,21,22). The van der Waals surface area contributed by atoms with Gasteiger partial charge in [0.15, 0.2) is 11.7 Å². The molecule has 0 saturated heterocycles. The number of nitrogens with one attached hydrogen (secondary N) is 2. The van der Waals surface area contributed by atoms with Gasteiger partial charge in [-0.1, -0.05) is 6.07 Å². The van der Waals surface area contributed by atoms with Crippen LogP contribution in [0.25, 0.3) is 0 Å². The fraction of sp³-hybridized carbons (Fsp3) is 0.333. The lowest BCUT2D eigenvalue weighted by Gasteiger charge is -2.12. The van der Waals surface area contributed by atoms with Crippen molar-refractivity contribution in [2.45, 2.75) is 13.0 Å². The van der Waals surface area contributed by atoms with E-state index in [9.17, 15) is 4.79 Å². The molecule has 1 aromatic heterocycles. The second kappa shape index (κ2) is 10.1. The lowest BCUT2D eigenvalue weighted by molar-refractivity contribution is 0.0972. The number of rotatable bonds is 9. The molecule has 26 heavy (non-hydrogen) atoms. The molecule has 0 aliphatic carbocycles. The van der Waals surface area contributed by atoms with Gasteiger partial charge in [0, 0.05) is 38.9 Å². The van der Waals surface area contributed by atoms with Crippen LogP contribution in [0.1, 0.15) is 22.7 Å². The molecule has 1 aromatic carbocycles. The molecule has 0 spiro atoms. The van der Waals surface area contributed by atoms with Crippen LogP contribution in [0.15, 0.2) is 45.8 Å². The molecule has 0 atom stereocenters. The average Bonchev–Trinajstić information content (AvgIpc) is 3.12. The molecule has 140 valence electrons. The number of aliphatic imine (C=N–C) groups is 1. The minimum absolute atomic E-state index is 0.128. The molecule has 0 aliphatic heterocycles. The maximum atomic E-state index is 11.0. The first-order valence-corrected chi connectivity index (χ1v) is 8.20. The van der Waals surface area contributed by atoms with E-state index in [1.807, 2.05) is 24.3 Å². The summed E-state index contributed by atoms with van der Waals surface area (Å²) in [4.78, 5) is 15.2. The van der Waals surface area contributed by atoms with Crippen molar-refractivity contribution in [3.63, 3.8) is 0 Å². The zero-order valence-corrected chi connectivity index (χ0v) is 15.0. The Morgan fingerprint density at radius 2 is 2.12 bits per heavy atom. The second-order valence-corrected chi connectivity index (χ2v) is 5.40. The first kappa shape index (κ1) is 19.3. The van der Waals surface area contributed by atoms with Crippen LogP contribution < -0.4 is 21.1 Å². The van der Waals surface area contributed by atoms with Gasteiger partial charge >= 0.3 is 0 Å². The van der Waals surface area contributed by atoms with Crippen LogP contribution >= 0.6 is 0 Å². The van der Waals surface area contributed by atoms with Crippen molar-refractivity contribution in [2.24, 2.45) is 10.7 Å². The normalized spacial score (nSPS) is 11.2. The summed E-state index contributed by atoms with van der Waals surface area (Å²) >= 11 is 0. The van der Waals surface area contributed by atoms with Crippen molar-refractivity contribution in [2.75, 3.05) is 32.7 Å². The van der Waals surface area contributed by atoms with E-state index in [1.54, 1.807) is 26.3 Å². The molecule has 0 unspecified atom stereocenters. The van der Waals surface area contributed by atoms with Crippen molar-refractivity contribution in [1.29, 1.82) is 0 Å². The third kappa shape index (κ3) is 6.14. The molecule has 0 saturated carbocycles. The van der Waals surface area contributed by atoms with E-state index >= 15 is 0 Å². The number of carbonyl (C=O) groups excluding carboxylic acids is 1. The van der Waals surface area contributed by atoms with Crippen LogP contribution in [0.5, 0.6) is 5.75 Å². The second-order valence-electron chi connectivity index (χ2n) is 5.40. The predicted octanol–water partition coefficient (Wildman–Crippen LogP) is 1.98. The number of benzene rings is 1. The van der Waals surface area contributed by atoms with Crippen LogP contribution in [-0.4, -0.2) is 39.2 Å². The van der Waals surface area contributed by atoms with Gasteiger partial charge in [-0.3, -0.25) is 9.79 Å². The maximum Gasteiger partial charge on any atom is 0.284 e. The summed E-state index contributed by atoms with van der Waals surface area (Å²) in [5.74, 6) is 1.43. The van der Waals surface area contributed by atoms with E-state index in [0.29, 0.717) is 31.5 Å². The number of primary amides is 1. The Morgan fingerprint density at radius 1 is 1.27 bits per heavy atom. The molecular formula is C18H24N4O4. The van der Waals surface area contributed by atoms with Crippen molar-refractivity contribution >= 4 is 17.6 Å². The van der Waals surface area contributed by atoms with Crippen LogP contribution in [0.3, 0.4) is 0 Å². The lowest BCUT2D eigenvalue weighted by atomic mass is 10.3. The summed E-state index contributed by atoms with van der Waals surface area (Å²) < 4.78 is 16.0. The van der Waals surface area contributed by atoms with E-state index in [0.717, 1.165) is 17.9 Å². The van der Waals surface area contributed by atoms with Crippen LogP contribution in [-0.2, 0) is 11.3 Å². The summed E-state index contributed by atoms with van der Waals surface area (Å²) in [6, 6.07) is 10.8. The molecule has 1 heterocycles. The van der Waals surface area contributed by atoms with Gasteiger partial charge in [0.25, 0.3) is 5.91 Å². The van der Waals surface area contributed by atoms with Crippen LogP contribution in [0.4, 0.5) is 5.69 Å². The van der Waals surface area contributed by atoms with Crippen molar-refractivity contribution < 1.29 is 18.7 Å². The van der Waals surface area contributed by atoms with Gasteiger partial charge in [-0.05, 0) is 24.3 Å². The Kier molecular flexibility index (Phi) is 7.50. The van der Waals surface area contributed by atoms with Gasteiger partial charge in [-0.2, -0.15) is 0 Å². The van der Waals surface area contributed by atoms with Gasteiger partial charge in [0.1, 0.15) is 11.5 Å². The molecule has 8 nitrogen and oxygen atoms in total. The molecule has 0 aliphatic rings. The molecule has 0 radical (unpaired) electrons. The van der Waals surface area contributed by atoms with Gasteiger partial charge in [-0.15, -0.1) is 0 Å². The van der Waals surface area contributed by atoms with Crippen molar-refractivity contribution in [3.05, 3.63) is 47.9 Å². The molecule has 2 rings (SSSR count). The van der Waals surface area contributed by atoms with Gasteiger partial charge < -0.3 is 30.3 Å². The first-order chi connectivity index (χ1) is 12.6. The number of methoxy groups -OCH3 is 1. The number of hydrogen-bond acceptors (Lipinski definition) is 5. The fourth-order valence-corrected chi connectivity index (χ4v) is 2.15. The molecule has 1 amide bonds. The number of carbonyl (C=O) groups is 1. The third-order valence-electron chi connectivity index (χ3n) is 3.42. The number of hydrogen-bond donors (Lipinski definition) is 3. The molecule has 8 heteroatoms. The monoisotopic (exact) mass is 360 g/mol. The quantitative estimate of drug-likeness (QED) is 0.358. The SMILES string of the molecule is CN=C(NCc1ccc(C(N)=O)o1)Nc1cccc(OCCCOC)c1. The minimum Gasteiger partial charge on any atom is -0.493 e. The molecule has 2 aromatic rings. The van der Waals surface area contributed by atoms with Crippen LogP contribution in [0.2, 0.25) is 0 Å². The van der Waals surface area contributed by atoms with E-state index in [4.69, 9.17) is 19.6 Å². The van der Waals surface area contributed by atoms with Gasteiger partial charge in [0.2, 0.25) is 0 Å². The number of guanidine groups is 1. The fourth-order valence-electron chi connectivity index (χ4n) is 2.15. The highest BCUT2D eigenvalue weighted by atomic mass is 16.5. The summed E-state index contributed by atoms with van der Waals surface area (Å²) in [5, 5.41) is 6.27. The van der Waals surface area contributed by atoms with Crippen molar-refractivity contribution in [3.8, 4) is 5.75 Å². The summed E-state index contributed by atoms with van der Waals surface area (Å²) in [6.45, 7) is 1.61. The number of nitrogens with zero attached hydrogens (tertiary/aromatic N) is 1. The molecule has 4 N–H and O–H groups in total. The minimum atomic E-state index is -0.596. The van der Waals surface area contributed by atoms with E-state index in [-0.39, 0.29) is 5.76 Å². The predicted molar refractivity (Wildman–Crippen MR) is 99.5 cm³/mol. The number of amides is 1. The maximum absolute atomic E-state index is 11.0. The Balaban J connectivity index is 1.87. The highest BCUT2D eigenvalue weighted by Gasteiger charge is 2.08. The average molecular weight is 360 g/mol. The smallest absolute Gasteiger partial charge is 0.284 e. The zero-order valence-electron chi connectivity index (χ0n) is 15.0. The van der Waals surface area contributed by atoms with E-state index < -0.39 is 5.91 Å². The van der Waals surface area contributed by atoms with Gasteiger partial charge in [-0.25, -0.2) is 0 Å². The number of ether oxygens (including phenoxy) is 2. The Hall–Kier alpha value is -3.00. The van der Waals surface area contributed by atoms with E-state index in [1.165, 1.54) is 0 Å². The van der Waals surface area contributed by atoms with Gasteiger partial charge in [0.05, 0.1) is 13.2 Å². The topological polar surface area (TPSA) is 111 Å². The number of furan rings is 1. The highest BCUT2D eigenvalue weighted by molar-refractivity contribution is 5.93. The van der Waals surface area contributed by atoms with E-state index in [2.05, 4.69) is 15.6 Å². The Bertz CT molecular complexity index is 742. The first-order valence-electron chi connectivity index (χ1n) is 8.20. The zero-order chi connectivity index (χ0) is 18.8. The largest absolute Gasteiger partial charge is 0.493 e. The number of anilines is 1. The summed E-state index contributed by atoms with van der Waals surface area (Å²) in [5.41, 5.74) is 6.00. The summed E-state index contributed by atoms with van der Waals surface area (Å²) in [7, 11) is 3.33. The number of nitrogens with two attached hydrogens (primary N) is 1. The highest BCUT2D eigenvalue weighted by Crippen LogP contribution is 2.17. The molecule has 0 bridgehead atoms. The van der Waals surface area contributed by atoms with Crippen molar-refractivity contribution in [1.82, 2.24) is 5.32 Å². The van der Waals surface area contributed by atoms with Crippen LogP contribution in [0, 0.1) is 0 Å². The third-order valence-corrected chi connectivity index (χ3v) is 3.42.